The highest BCUT2D eigenvalue weighted by Crippen LogP contribution is 2.13. The van der Waals surface area contributed by atoms with Gasteiger partial charge in [-0.05, 0) is 25.5 Å². The predicted octanol–water partition coefficient (Wildman–Crippen LogP) is 0.813. The molecule has 0 radical (unpaired) electrons. The molecule has 2 aromatic heterocycles. The number of carbonyl (C=O) groups excluding carboxylic acids is 1. The molecule has 23 heavy (non-hydrogen) atoms. The third-order valence-electron chi connectivity index (χ3n) is 3.10. The highest BCUT2D eigenvalue weighted by atomic mass is 32.2. The van der Waals surface area contributed by atoms with Gasteiger partial charge in [-0.3, -0.25) is 14.2 Å². The van der Waals surface area contributed by atoms with Crippen LogP contribution in [0.1, 0.15) is 18.3 Å². The second-order valence-corrected chi connectivity index (χ2v) is 5.91. The number of hydrogen-bond acceptors (Lipinski definition) is 6. The summed E-state index contributed by atoms with van der Waals surface area (Å²) in [7, 11) is 0. The summed E-state index contributed by atoms with van der Waals surface area (Å²) in [5.74, 6) is 0.156. The first-order valence-corrected chi connectivity index (χ1v) is 8.32. The van der Waals surface area contributed by atoms with E-state index in [4.69, 9.17) is 0 Å². The third kappa shape index (κ3) is 5.48. The van der Waals surface area contributed by atoms with E-state index in [2.05, 4.69) is 20.5 Å². The Morgan fingerprint density at radius 3 is 2.83 bits per heavy atom. The zero-order valence-corrected chi connectivity index (χ0v) is 14.0. The van der Waals surface area contributed by atoms with E-state index in [1.165, 1.54) is 28.7 Å². The first-order valence-electron chi connectivity index (χ1n) is 7.33. The zero-order valence-electron chi connectivity index (χ0n) is 13.2. The minimum atomic E-state index is -0.108. The Morgan fingerprint density at radius 1 is 1.35 bits per heavy atom. The van der Waals surface area contributed by atoms with Gasteiger partial charge in [-0.1, -0.05) is 18.7 Å². The smallest absolute Gasteiger partial charge is 0.253 e. The summed E-state index contributed by atoms with van der Waals surface area (Å²) in [6.07, 6.45) is 2.25. The van der Waals surface area contributed by atoms with E-state index in [0.717, 1.165) is 17.8 Å². The van der Waals surface area contributed by atoms with Gasteiger partial charge in [0.2, 0.25) is 5.91 Å². The van der Waals surface area contributed by atoms with Crippen molar-refractivity contribution in [3.05, 3.63) is 46.3 Å². The van der Waals surface area contributed by atoms with Crippen LogP contribution in [0.5, 0.6) is 0 Å². The topological polar surface area (TPSA) is 89.8 Å². The Kier molecular flexibility index (Phi) is 6.28. The summed E-state index contributed by atoms with van der Waals surface area (Å²) in [6, 6.07) is 5.21. The number of nitrogens with one attached hydrogen (secondary N) is 1. The first kappa shape index (κ1) is 17.1. The summed E-state index contributed by atoms with van der Waals surface area (Å²) in [6.45, 7) is 4.59. The summed E-state index contributed by atoms with van der Waals surface area (Å²) in [5.41, 5.74) is 1.51. The number of aromatic nitrogens is 4. The molecule has 0 aliphatic rings. The predicted molar refractivity (Wildman–Crippen MR) is 88.4 cm³/mol. The molecular weight excluding hydrogens is 314 g/mol. The van der Waals surface area contributed by atoms with Crippen LogP contribution in [0.3, 0.4) is 0 Å². The van der Waals surface area contributed by atoms with Gasteiger partial charge < -0.3 is 5.32 Å². The van der Waals surface area contributed by atoms with Gasteiger partial charge in [-0.2, -0.15) is 5.10 Å². The van der Waals surface area contributed by atoms with Crippen LogP contribution < -0.4 is 10.9 Å². The highest BCUT2D eigenvalue weighted by molar-refractivity contribution is 7.99. The molecule has 0 saturated heterocycles. The molecule has 1 amide bonds. The summed E-state index contributed by atoms with van der Waals surface area (Å²) < 4.78 is 1.48. The monoisotopic (exact) mass is 333 g/mol. The van der Waals surface area contributed by atoms with E-state index < -0.39 is 0 Å². The molecule has 0 saturated carbocycles. The van der Waals surface area contributed by atoms with Crippen molar-refractivity contribution in [1.29, 1.82) is 0 Å². The van der Waals surface area contributed by atoms with Crippen molar-refractivity contribution in [2.45, 2.75) is 31.8 Å². The van der Waals surface area contributed by atoms with E-state index in [0.29, 0.717) is 18.1 Å². The minimum Gasteiger partial charge on any atom is -0.354 e. The summed E-state index contributed by atoms with van der Waals surface area (Å²) in [5, 5.41) is 11.4. The Morgan fingerprint density at radius 2 is 2.17 bits per heavy atom. The molecule has 0 aliphatic heterocycles. The SMILES string of the molecule is CCc1cc(=O)n(CCNC(=O)CSc2ccc(C)nn2)cn1. The van der Waals surface area contributed by atoms with Crippen molar-refractivity contribution >= 4 is 17.7 Å². The maximum absolute atomic E-state index is 11.8. The molecule has 8 heteroatoms. The third-order valence-corrected chi connectivity index (χ3v) is 4.02. The van der Waals surface area contributed by atoms with Gasteiger partial charge in [0.05, 0.1) is 17.8 Å². The number of amides is 1. The second kappa shape index (κ2) is 8.42. The fraction of sp³-hybridized carbons (Fsp3) is 0.400. The largest absolute Gasteiger partial charge is 0.354 e. The second-order valence-electron chi connectivity index (χ2n) is 4.92. The number of thioether (sulfide) groups is 1. The Hall–Kier alpha value is -2.22. The van der Waals surface area contributed by atoms with Gasteiger partial charge in [0, 0.05) is 24.8 Å². The molecular formula is C15H19N5O2S. The maximum atomic E-state index is 11.8. The van der Waals surface area contributed by atoms with Gasteiger partial charge in [0.15, 0.2) is 0 Å². The van der Waals surface area contributed by atoms with Gasteiger partial charge >= 0.3 is 0 Å². The lowest BCUT2D eigenvalue weighted by atomic mass is 10.3. The average molecular weight is 333 g/mol. The molecule has 0 aliphatic carbocycles. The van der Waals surface area contributed by atoms with Gasteiger partial charge in [0.1, 0.15) is 5.03 Å². The molecule has 0 aromatic carbocycles. The van der Waals surface area contributed by atoms with Crippen LogP contribution in [-0.4, -0.2) is 38.0 Å². The van der Waals surface area contributed by atoms with Crippen LogP contribution in [0.4, 0.5) is 0 Å². The summed E-state index contributed by atoms with van der Waals surface area (Å²) in [4.78, 5) is 27.7. The Labute approximate surface area is 138 Å². The highest BCUT2D eigenvalue weighted by Gasteiger charge is 2.04. The normalized spacial score (nSPS) is 10.5. The zero-order chi connectivity index (χ0) is 16.7. The van der Waals surface area contributed by atoms with E-state index in [-0.39, 0.29) is 17.2 Å². The van der Waals surface area contributed by atoms with Crippen molar-refractivity contribution in [3.8, 4) is 0 Å². The van der Waals surface area contributed by atoms with Gasteiger partial charge in [0.25, 0.3) is 5.56 Å². The molecule has 0 bridgehead atoms. The van der Waals surface area contributed by atoms with Crippen molar-refractivity contribution in [3.63, 3.8) is 0 Å². The Balaban J connectivity index is 1.74. The molecule has 2 aromatic rings. The van der Waals surface area contributed by atoms with Crippen molar-refractivity contribution in [2.24, 2.45) is 0 Å². The fourth-order valence-electron chi connectivity index (χ4n) is 1.79. The Bertz CT molecular complexity index is 715. The number of rotatable bonds is 7. The number of nitrogens with zero attached hydrogens (tertiary/aromatic N) is 4. The minimum absolute atomic E-state index is 0.101. The van der Waals surface area contributed by atoms with E-state index >= 15 is 0 Å². The van der Waals surface area contributed by atoms with E-state index in [1.807, 2.05) is 26.0 Å². The van der Waals surface area contributed by atoms with Crippen molar-refractivity contribution < 1.29 is 4.79 Å². The van der Waals surface area contributed by atoms with Gasteiger partial charge in [-0.25, -0.2) is 4.98 Å². The molecule has 2 heterocycles. The number of aryl methyl sites for hydroxylation is 2. The molecule has 7 nitrogen and oxygen atoms in total. The number of carbonyl (C=O) groups is 1. The first-order chi connectivity index (χ1) is 11.1. The quantitative estimate of drug-likeness (QED) is 0.754. The maximum Gasteiger partial charge on any atom is 0.253 e. The van der Waals surface area contributed by atoms with Crippen LogP contribution in [-0.2, 0) is 17.8 Å². The molecule has 2 rings (SSSR count). The van der Waals surface area contributed by atoms with E-state index in [1.54, 1.807) is 0 Å². The molecule has 0 atom stereocenters. The lowest BCUT2D eigenvalue weighted by Gasteiger charge is -2.07. The van der Waals surface area contributed by atoms with Crippen LogP contribution in [0.15, 0.2) is 34.3 Å². The van der Waals surface area contributed by atoms with Crippen LogP contribution in [0.25, 0.3) is 0 Å². The lowest BCUT2D eigenvalue weighted by Crippen LogP contribution is -2.32. The average Bonchev–Trinajstić information content (AvgIpc) is 2.55. The molecule has 122 valence electrons. The summed E-state index contributed by atoms with van der Waals surface area (Å²) >= 11 is 1.33. The standard InChI is InChI=1S/C15H19N5O2S/c1-3-12-8-15(22)20(10-17-12)7-6-16-13(21)9-23-14-5-4-11(2)18-19-14/h4-5,8,10H,3,6-7,9H2,1-2H3,(H,16,21). The van der Waals surface area contributed by atoms with Crippen molar-refractivity contribution in [2.75, 3.05) is 12.3 Å². The lowest BCUT2D eigenvalue weighted by molar-refractivity contribution is -0.118. The van der Waals surface area contributed by atoms with Crippen molar-refractivity contribution in [1.82, 2.24) is 25.1 Å². The van der Waals surface area contributed by atoms with E-state index in [9.17, 15) is 9.59 Å². The van der Waals surface area contributed by atoms with Gasteiger partial charge in [-0.15, -0.1) is 5.10 Å². The molecule has 0 spiro atoms. The van der Waals surface area contributed by atoms with Crippen LogP contribution in [0, 0.1) is 6.92 Å². The van der Waals surface area contributed by atoms with Crippen LogP contribution in [0.2, 0.25) is 0 Å². The molecule has 0 unspecified atom stereocenters. The number of hydrogen-bond donors (Lipinski definition) is 1. The molecule has 0 fully saturated rings. The van der Waals surface area contributed by atoms with Crippen LogP contribution >= 0.6 is 11.8 Å². The molecule has 1 N–H and O–H groups in total. The fourth-order valence-corrected chi connectivity index (χ4v) is 2.44.